The van der Waals surface area contributed by atoms with Gasteiger partial charge in [-0.1, -0.05) is 31.2 Å². The average molecular weight is 194 g/mol. The molecule has 4 N–H and O–H groups in total. The predicted octanol–water partition coefficient (Wildman–Crippen LogP) is 1.62. The summed E-state index contributed by atoms with van der Waals surface area (Å²) in [6.45, 7) is 3.96. The summed E-state index contributed by atoms with van der Waals surface area (Å²) >= 11 is 0. The van der Waals surface area contributed by atoms with Gasteiger partial charge in [0.25, 0.3) is 0 Å². The van der Waals surface area contributed by atoms with Crippen LogP contribution in [0.5, 0.6) is 0 Å². The molecule has 1 rings (SSSR count). The summed E-state index contributed by atoms with van der Waals surface area (Å²) < 4.78 is 0. The van der Waals surface area contributed by atoms with Crippen molar-refractivity contribution in [2.45, 2.75) is 32.4 Å². The van der Waals surface area contributed by atoms with E-state index in [0.29, 0.717) is 0 Å². The van der Waals surface area contributed by atoms with Crippen LogP contribution in [-0.4, -0.2) is 11.2 Å². The molecule has 2 atom stereocenters. The van der Waals surface area contributed by atoms with E-state index in [1.54, 1.807) is 0 Å². The molecule has 1 aromatic rings. The van der Waals surface area contributed by atoms with Crippen LogP contribution in [-0.2, 0) is 6.42 Å². The van der Waals surface area contributed by atoms with Crippen LogP contribution in [0.15, 0.2) is 24.3 Å². The molecule has 14 heavy (non-hydrogen) atoms. The predicted molar refractivity (Wildman–Crippen MR) is 57.1 cm³/mol. The highest BCUT2D eigenvalue weighted by Gasteiger charge is 2.13. The number of rotatable bonds is 4. The van der Waals surface area contributed by atoms with Gasteiger partial charge in [0.2, 0.25) is 0 Å². The van der Waals surface area contributed by atoms with E-state index in [4.69, 9.17) is 10.9 Å². The summed E-state index contributed by atoms with van der Waals surface area (Å²) in [7, 11) is 0. The minimum atomic E-state index is -0.175. The van der Waals surface area contributed by atoms with Crippen LogP contribution in [0.1, 0.15) is 31.0 Å². The topological polar surface area (TPSA) is 58.3 Å². The molecular weight excluding hydrogens is 176 g/mol. The standard InChI is InChI=1S/C11H18N2O/c1-3-9-4-6-10(7-5-9)11(12)8(2)13-14/h4-8,11,13-14H,3,12H2,1-2H3. The van der Waals surface area contributed by atoms with Crippen LogP contribution in [0.3, 0.4) is 0 Å². The molecule has 1 aromatic carbocycles. The Morgan fingerprint density at radius 1 is 1.36 bits per heavy atom. The second-order valence-electron chi connectivity index (χ2n) is 3.54. The Morgan fingerprint density at radius 2 is 1.93 bits per heavy atom. The van der Waals surface area contributed by atoms with Gasteiger partial charge in [0.1, 0.15) is 0 Å². The quantitative estimate of drug-likeness (QED) is 0.638. The number of nitrogens with two attached hydrogens (primary N) is 1. The van der Waals surface area contributed by atoms with Crippen LogP contribution in [0.2, 0.25) is 0 Å². The number of aryl methyl sites for hydroxylation is 1. The number of hydroxylamine groups is 1. The van der Waals surface area contributed by atoms with E-state index in [1.165, 1.54) is 5.56 Å². The smallest absolute Gasteiger partial charge is 0.0484 e. The molecule has 3 heteroatoms. The van der Waals surface area contributed by atoms with Crippen molar-refractivity contribution < 1.29 is 5.21 Å². The third-order valence-corrected chi connectivity index (χ3v) is 2.52. The van der Waals surface area contributed by atoms with Gasteiger partial charge in [0, 0.05) is 12.1 Å². The fourth-order valence-corrected chi connectivity index (χ4v) is 1.34. The molecule has 0 fully saturated rings. The monoisotopic (exact) mass is 194 g/mol. The summed E-state index contributed by atoms with van der Waals surface area (Å²) in [6, 6.07) is 7.85. The van der Waals surface area contributed by atoms with E-state index in [-0.39, 0.29) is 12.1 Å². The highest BCUT2D eigenvalue weighted by molar-refractivity contribution is 5.25. The maximum Gasteiger partial charge on any atom is 0.0484 e. The van der Waals surface area contributed by atoms with Gasteiger partial charge in [-0.3, -0.25) is 0 Å². The van der Waals surface area contributed by atoms with E-state index in [2.05, 4.69) is 24.5 Å². The molecule has 0 bridgehead atoms. The van der Waals surface area contributed by atoms with Crippen LogP contribution in [0.4, 0.5) is 0 Å². The summed E-state index contributed by atoms with van der Waals surface area (Å²) in [5.74, 6) is 0. The van der Waals surface area contributed by atoms with Crippen LogP contribution in [0.25, 0.3) is 0 Å². The highest BCUT2D eigenvalue weighted by atomic mass is 16.5. The lowest BCUT2D eigenvalue weighted by molar-refractivity contribution is 0.121. The SMILES string of the molecule is CCc1ccc(C(N)C(C)NO)cc1. The third-order valence-electron chi connectivity index (χ3n) is 2.52. The fourth-order valence-electron chi connectivity index (χ4n) is 1.34. The molecule has 0 saturated heterocycles. The summed E-state index contributed by atoms with van der Waals surface area (Å²) in [4.78, 5) is 0. The first kappa shape index (κ1) is 11.2. The van der Waals surface area contributed by atoms with E-state index >= 15 is 0 Å². The Morgan fingerprint density at radius 3 is 2.36 bits per heavy atom. The molecule has 0 spiro atoms. The minimum absolute atomic E-state index is 0.137. The van der Waals surface area contributed by atoms with E-state index in [1.807, 2.05) is 19.1 Å². The summed E-state index contributed by atoms with van der Waals surface area (Å²) in [5, 5.41) is 8.74. The first-order valence-corrected chi connectivity index (χ1v) is 4.93. The number of hydrogen-bond donors (Lipinski definition) is 3. The zero-order chi connectivity index (χ0) is 10.6. The van der Waals surface area contributed by atoms with E-state index in [9.17, 15) is 0 Å². The van der Waals surface area contributed by atoms with Crippen molar-refractivity contribution in [2.24, 2.45) is 5.73 Å². The molecule has 0 aliphatic carbocycles. The molecule has 78 valence electrons. The largest absolute Gasteiger partial charge is 0.323 e. The van der Waals surface area contributed by atoms with Crippen molar-refractivity contribution in [3.8, 4) is 0 Å². The highest BCUT2D eigenvalue weighted by Crippen LogP contribution is 2.14. The first-order valence-electron chi connectivity index (χ1n) is 4.93. The lowest BCUT2D eigenvalue weighted by Gasteiger charge is -2.18. The summed E-state index contributed by atoms with van der Waals surface area (Å²) in [6.07, 6.45) is 1.03. The van der Waals surface area contributed by atoms with Crippen molar-refractivity contribution in [3.63, 3.8) is 0 Å². The molecule has 0 radical (unpaired) electrons. The zero-order valence-corrected chi connectivity index (χ0v) is 8.70. The molecule has 0 saturated carbocycles. The molecule has 0 heterocycles. The van der Waals surface area contributed by atoms with Gasteiger partial charge in [-0.05, 0) is 24.5 Å². The Hall–Kier alpha value is -0.900. The fraction of sp³-hybridized carbons (Fsp3) is 0.455. The van der Waals surface area contributed by atoms with E-state index < -0.39 is 0 Å². The second kappa shape index (κ2) is 5.10. The van der Waals surface area contributed by atoms with Gasteiger partial charge in [-0.2, -0.15) is 0 Å². The molecule has 0 amide bonds. The third kappa shape index (κ3) is 2.54. The summed E-state index contributed by atoms with van der Waals surface area (Å²) in [5.41, 5.74) is 10.4. The van der Waals surface area contributed by atoms with Crippen molar-refractivity contribution in [1.29, 1.82) is 0 Å². The van der Waals surface area contributed by atoms with Gasteiger partial charge >= 0.3 is 0 Å². The van der Waals surface area contributed by atoms with Gasteiger partial charge in [-0.25, -0.2) is 5.48 Å². The number of nitrogens with one attached hydrogen (secondary N) is 1. The van der Waals surface area contributed by atoms with Gasteiger partial charge in [0.05, 0.1) is 0 Å². The maximum atomic E-state index is 8.74. The lowest BCUT2D eigenvalue weighted by Crippen LogP contribution is -2.34. The Balaban J connectivity index is 2.75. The van der Waals surface area contributed by atoms with Gasteiger partial charge in [-0.15, -0.1) is 0 Å². The molecule has 0 aliphatic heterocycles. The molecule has 0 aromatic heterocycles. The van der Waals surface area contributed by atoms with Crippen molar-refractivity contribution in [2.75, 3.05) is 0 Å². The second-order valence-corrected chi connectivity index (χ2v) is 3.54. The van der Waals surface area contributed by atoms with Crippen molar-refractivity contribution >= 4 is 0 Å². The van der Waals surface area contributed by atoms with E-state index in [0.717, 1.165) is 12.0 Å². The van der Waals surface area contributed by atoms with Crippen LogP contribution in [0, 0.1) is 0 Å². The lowest BCUT2D eigenvalue weighted by atomic mass is 10.00. The Kier molecular flexibility index (Phi) is 4.07. The van der Waals surface area contributed by atoms with Crippen LogP contribution < -0.4 is 11.2 Å². The normalized spacial score (nSPS) is 15.1. The minimum Gasteiger partial charge on any atom is -0.323 e. The van der Waals surface area contributed by atoms with Gasteiger partial charge < -0.3 is 10.9 Å². The molecule has 2 unspecified atom stereocenters. The number of hydrogen-bond acceptors (Lipinski definition) is 3. The molecule has 3 nitrogen and oxygen atoms in total. The Labute approximate surface area is 84.9 Å². The average Bonchev–Trinajstić information content (AvgIpc) is 2.27. The zero-order valence-electron chi connectivity index (χ0n) is 8.70. The molecular formula is C11H18N2O. The van der Waals surface area contributed by atoms with Crippen molar-refractivity contribution in [3.05, 3.63) is 35.4 Å². The van der Waals surface area contributed by atoms with Gasteiger partial charge in [0.15, 0.2) is 0 Å². The Bertz CT molecular complexity index is 271. The van der Waals surface area contributed by atoms with Crippen molar-refractivity contribution in [1.82, 2.24) is 5.48 Å². The first-order chi connectivity index (χ1) is 6.69. The molecule has 0 aliphatic rings. The van der Waals surface area contributed by atoms with Crippen LogP contribution >= 0.6 is 0 Å². The number of benzene rings is 1. The maximum absolute atomic E-state index is 8.74.